The molecular formula is C21H28O12. The molecule has 0 saturated carbocycles. The van der Waals surface area contributed by atoms with Crippen LogP contribution in [-0.4, -0.2) is 116 Å². The van der Waals surface area contributed by atoms with Gasteiger partial charge in [-0.15, -0.1) is 0 Å². The molecule has 1 aromatic rings. The molecule has 0 radical (unpaired) electrons. The summed E-state index contributed by atoms with van der Waals surface area (Å²) >= 11 is 0. The largest absolute Gasteiger partial charge is 0.430 e. The first-order valence-corrected chi connectivity index (χ1v) is 10.3. The molecule has 2 fully saturated rings. The van der Waals surface area contributed by atoms with Crippen molar-refractivity contribution >= 4 is 12.0 Å². The van der Waals surface area contributed by atoms with Crippen LogP contribution in [0.2, 0.25) is 0 Å². The van der Waals surface area contributed by atoms with E-state index in [0.717, 1.165) is 6.08 Å². The molecule has 33 heavy (non-hydrogen) atoms. The number of esters is 1. The number of aliphatic hydroxyl groups is 7. The van der Waals surface area contributed by atoms with Gasteiger partial charge in [-0.1, -0.05) is 30.3 Å². The fraction of sp³-hybridized carbons (Fsp3) is 0.571. The van der Waals surface area contributed by atoms with Gasteiger partial charge < -0.3 is 54.7 Å². The van der Waals surface area contributed by atoms with Crippen LogP contribution in [-0.2, 0) is 23.7 Å². The van der Waals surface area contributed by atoms with Crippen molar-refractivity contribution in [1.29, 1.82) is 0 Å². The highest BCUT2D eigenvalue weighted by atomic mass is 16.7. The quantitative estimate of drug-likeness (QED) is 0.156. The van der Waals surface area contributed by atoms with E-state index in [2.05, 4.69) is 0 Å². The van der Waals surface area contributed by atoms with E-state index in [9.17, 15) is 40.5 Å². The predicted molar refractivity (Wildman–Crippen MR) is 108 cm³/mol. The standard InChI is InChI=1S/C21H28O12/c22-8-11-14(25)16(27)17(28)20(30-11)33-19-15(26)12(9-23)31-21(18(19)29)32-13(24)7-6-10-4-2-1-3-5-10/h1-7,11-12,14-23,25-29H,8-9H2. The lowest BCUT2D eigenvalue weighted by molar-refractivity contribution is -0.356. The third kappa shape index (κ3) is 5.94. The molecule has 10 unspecified atom stereocenters. The number of carbonyl (C=O) groups excluding carboxylic acids is 1. The Labute approximate surface area is 188 Å². The molecule has 1 aromatic carbocycles. The van der Waals surface area contributed by atoms with Crippen molar-refractivity contribution in [2.75, 3.05) is 13.2 Å². The second-order valence-electron chi connectivity index (χ2n) is 7.69. The molecule has 0 amide bonds. The first-order valence-electron chi connectivity index (χ1n) is 10.3. The maximum atomic E-state index is 12.2. The van der Waals surface area contributed by atoms with Gasteiger partial charge >= 0.3 is 5.97 Å². The van der Waals surface area contributed by atoms with Crippen LogP contribution in [0, 0.1) is 0 Å². The molecule has 12 heteroatoms. The molecule has 10 atom stereocenters. The van der Waals surface area contributed by atoms with Crippen LogP contribution in [0.25, 0.3) is 6.08 Å². The zero-order chi connectivity index (χ0) is 24.1. The highest BCUT2D eigenvalue weighted by Crippen LogP contribution is 2.29. The first kappa shape index (κ1) is 25.6. The van der Waals surface area contributed by atoms with Crippen molar-refractivity contribution < 1.29 is 59.5 Å². The summed E-state index contributed by atoms with van der Waals surface area (Å²) in [6.07, 6.45) is -13.6. The summed E-state index contributed by atoms with van der Waals surface area (Å²) in [6, 6.07) is 8.84. The Morgan fingerprint density at radius 3 is 2.06 bits per heavy atom. The highest BCUT2D eigenvalue weighted by Gasteiger charge is 2.51. The Bertz CT molecular complexity index is 787. The van der Waals surface area contributed by atoms with Gasteiger partial charge in [-0.25, -0.2) is 4.79 Å². The Morgan fingerprint density at radius 2 is 1.42 bits per heavy atom. The zero-order valence-corrected chi connectivity index (χ0v) is 17.4. The van der Waals surface area contributed by atoms with Gasteiger partial charge in [0.15, 0.2) is 6.29 Å². The lowest BCUT2D eigenvalue weighted by atomic mass is 9.97. The summed E-state index contributed by atoms with van der Waals surface area (Å²) < 4.78 is 21.0. The number of carbonyl (C=O) groups is 1. The first-order chi connectivity index (χ1) is 15.8. The van der Waals surface area contributed by atoms with Crippen molar-refractivity contribution in [2.45, 2.75) is 61.4 Å². The number of benzene rings is 1. The summed E-state index contributed by atoms with van der Waals surface area (Å²) in [5, 5.41) is 69.8. The minimum absolute atomic E-state index is 0.711. The van der Waals surface area contributed by atoms with Crippen LogP contribution >= 0.6 is 0 Å². The van der Waals surface area contributed by atoms with Crippen molar-refractivity contribution in [3.63, 3.8) is 0 Å². The monoisotopic (exact) mass is 472 g/mol. The number of aliphatic hydroxyl groups excluding tert-OH is 7. The summed E-state index contributed by atoms with van der Waals surface area (Å²) in [4.78, 5) is 12.2. The molecule has 2 saturated heterocycles. The molecule has 12 nitrogen and oxygen atoms in total. The molecule has 2 aliphatic rings. The van der Waals surface area contributed by atoms with E-state index in [0.29, 0.717) is 5.56 Å². The van der Waals surface area contributed by atoms with E-state index >= 15 is 0 Å². The second kappa shape index (κ2) is 11.4. The van der Waals surface area contributed by atoms with Gasteiger partial charge in [0.2, 0.25) is 6.29 Å². The molecule has 0 spiro atoms. The van der Waals surface area contributed by atoms with E-state index in [1.807, 2.05) is 0 Å². The number of ether oxygens (including phenoxy) is 4. The van der Waals surface area contributed by atoms with Gasteiger partial charge in [0.1, 0.15) is 48.8 Å². The average Bonchev–Trinajstić information content (AvgIpc) is 2.82. The van der Waals surface area contributed by atoms with Crippen molar-refractivity contribution in [2.24, 2.45) is 0 Å². The summed E-state index contributed by atoms with van der Waals surface area (Å²) in [5.74, 6) is -0.887. The van der Waals surface area contributed by atoms with Crippen LogP contribution in [0.3, 0.4) is 0 Å². The average molecular weight is 472 g/mol. The van der Waals surface area contributed by atoms with Crippen LogP contribution in [0.5, 0.6) is 0 Å². The van der Waals surface area contributed by atoms with Gasteiger partial charge in [0.05, 0.1) is 13.2 Å². The van der Waals surface area contributed by atoms with Crippen molar-refractivity contribution in [1.82, 2.24) is 0 Å². The molecule has 184 valence electrons. The zero-order valence-electron chi connectivity index (χ0n) is 17.4. The summed E-state index contributed by atoms with van der Waals surface area (Å²) in [7, 11) is 0. The molecule has 3 rings (SSSR count). The van der Waals surface area contributed by atoms with Gasteiger partial charge in [0.25, 0.3) is 0 Å². The molecular weight excluding hydrogens is 444 g/mol. The lowest BCUT2D eigenvalue weighted by Gasteiger charge is -2.45. The Hall–Kier alpha value is -1.97. The summed E-state index contributed by atoms with van der Waals surface area (Å²) in [6.45, 7) is -1.44. The molecule has 0 aromatic heterocycles. The normalized spacial score (nSPS) is 39.5. The highest BCUT2D eigenvalue weighted by molar-refractivity contribution is 5.87. The Kier molecular flexibility index (Phi) is 8.89. The Balaban J connectivity index is 1.70. The van der Waals surface area contributed by atoms with Crippen LogP contribution in [0.15, 0.2) is 36.4 Å². The topological polar surface area (TPSA) is 196 Å². The lowest BCUT2D eigenvalue weighted by Crippen LogP contribution is -2.65. The van der Waals surface area contributed by atoms with E-state index < -0.39 is 80.6 Å². The third-order valence-electron chi connectivity index (χ3n) is 5.41. The minimum Gasteiger partial charge on any atom is -0.430 e. The second-order valence-corrected chi connectivity index (χ2v) is 7.69. The third-order valence-corrected chi connectivity index (χ3v) is 5.41. The Morgan fingerprint density at radius 1 is 0.818 bits per heavy atom. The number of hydrogen-bond acceptors (Lipinski definition) is 12. The number of rotatable bonds is 7. The molecule has 2 aliphatic heterocycles. The van der Waals surface area contributed by atoms with Crippen LogP contribution < -0.4 is 0 Å². The van der Waals surface area contributed by atoms with E-state index in [1.165, 1.54) is 6.08 Å². The summed E-state index contributed by atoms with van der Waals surface area (Å²) in [5.41, 5.74) is 0.715. The maximum absolute atomic E-state index is 12.2. The van der Waals surface area contributed by atoms with E-state index in [1.54, 1.807) is 30.3 Å². The number of hydrogen-bond donors (Lipinski definition) is 7. The SMILES string of the molecule is O=C(C=Cc1ccccc1)OC1OC(CO)C(O)C(OC2OC(CO)C(O)C(O)C2O)C1O. The minimum atomic E-state index is -1.80. The van der Waals surface area contributed by atoms with Gasteiger partial charge in [-0.3, -0.25) is 0 Å². The van der Waals surface area contributed by atoms with E-state index in [4.69, 9.17) is 18.9 Å². The fourth-order valence-electron chi connectivity index (χ4n) is 3.53. The van der Waals surface area contributed by atoms with Gasteiger partial charge in [-0.2, -0.15) is 0 Å². The van der Waals surface area contributed by atoms with Crippen LogP contribution in [0.1, 0.15) is 5.56 Å². The molecule has 7 N–H and O–H groups in total. The van der Waals surface area contributed by atoms with Gasteiger partial charge in [-0.05, 0) is 11.6 Å². The van der Waals surface area contributed by atoms with Crippen molar-refractivity contribution in [3.05, 3.63) is 42.0 Å². The van der Waals surface area contributed by atoms with E-state index in [-0.39, 0.29) is 0 Å². The predicted octanol–water partition coefficient (Wildman–Crippen LogP) is -3.13. The van der Waals surface area contributed by atoms with Crippen LogP contribution in [0.4, 0.5) is 0 Å². The molecule has 0 bridgehead atoms. The smallest absolute Gasteiger partial charge is 0.333 e. The van der Waals surface area contributed by atoms with Gasteiger partial charge in [0, 0.05) is 6.08 Å². The molecule has 0 aliphatic carbocycles. The maximum Gasteiger partial charge on any atom is 0.333 e. The molecule has 2 heterocycles. The fourth-order valence-corrected chi connectivity index (χ4v) is 3.53. The van der Waals surface area contributed by atoms with Crippen molar-refractivity contribution in [3.8, 4) is 0 Å².